The molecule has 0 radical (unpaired) electrons. The van der Waals surface area contributed by atoms with Crippen molar-refractivity contribution < 1.29 is 9.18 Å². The second-order valence-corrected chi connectivity index (χ2v) is 7.24. The third kappa shape index (κ3) is 3.44. The molecule has 0 bridgehead atoms. The van der Waals surface area contributed by atoms with Crippen molar-refractivity contribution in [1.82, 2.24) is 4.90 Å². The minimum atomic E-state index is -0.759. The largest absolute Gasteiger partial charge is 0.368 e. The molecule has 4 nitrogen and oxygen atoms in total. The number of hydrogen-bond acceptors (Lipinski definition) is 3. The van der Waals surface area contributed by atoms with Crippen LogP contribution in [0.2, 0.25) is 0 Å². The summed E-state index contributed by atoms with van der Waals surface area (Å²) in [6.07, 6.45) is 0.759. The highest BCUT2D eigenvalue weighted by Gasteiger charge is 2.39. The Labute approximate surface area is 132 Å². The molecule has 1 aliphatic heterocycles. The minimum absolute atomic E-state index is 0.0667. The molecule has 116 valence electrons. The average molecular weight is 358 g/mol. The number of halogens is 2. The standard InChI is InChI=1S/C15H21BrFN3O/c1-15(2)8-20(6-5-12(15)18)13(14(19)21)10-4-3-9(16)7-11(10)17/h3-4,7,12-13H,5-6,8,18H2,1-2H3,(H2,19,21). The van der Waals surface area contributed by atoms with Crippen LogP contribution in [0.3, 0.4) is 0 Å². The first-order valence-electron chi connectivity index (χ1n) is 6.96. The van der Waals surface area contributed by atoms with Gasteiger partial charge in [0, 0.05) is 29.2 Å². The zero-order valence-electron chi connectivity index (χ0n) is 12.3. The van der Waals surface area contributed by atoms with Crippen LogP contribution in [0.15, 0.2) is 22.7 Å². The molecule has 1 heterocycles. The number of piperidine rings is 1. The summed E-state index contributed by atoms with van der Waals surface area (Å²) >= 11 is 3.22. The molecule has 1 aromatic carbocycles. The number of nitrogens with two attached hydrogens (primary N) is 2. The molecule has 1 aliphatic rings. The van der Waals surface area contributed by atoms with E-state index in [0.717, 1.165) is 6.42 Å². The third-order valence-electron chi connectivity index (χ3n) is 4.23. The van der Waals surface area contributed by atoms with Crippen LogP contribution in [-0.4, -0.2) is 29.9 Å². The summed E-state index contributed by atoms with van der Waals surface area (Å²) in [4.78, 5) is 13.8. The summed E-state index contributed by atoms with van der Waals surface area (Å²) in [5, 5.41) is 0. The van der Waals surface area contributed by atoms with Crippen molar-refractivity contribution in [2.24, 2.45) is 16.9 Å². The van der Waals surface area contributed by atoms with Gasteiger partial charge in [0.1, 0.15) is 11.9 Å². The molecular formula is C15H21BrFN3O. The first-order valence-corrected chi connectivity index (χ1v) is 7.75. The maximum atomic E-state index is 14.2. The van der Waals surface area contributed by atoms with E-state index in [1.165, 1.54) is 6.07 Å². The summed E-state index contributed by atoms with van der Waals surface area (Å²) in [6.45, 7) is 5.35. The van der Waals surface area contributed by atoms with Crippen molar-refractivity contribution in [3.05, 3.63) is 34.1 Å². The monoisotopic (exact) mass is 357 g/mol. The summed E-state index contributed by atoms with van der Waals surface area (Å²) in [7, 11) is 0. The Morgan fingerprint density at radius 2 is 2.19 bits per heavy atom. The zero-order chi connectivity index (χ0) is 15.8. The molecule has 1 aromatic rings. The number of benzene rings is 1. The SMILES string of the molecule is CC1(C)CN(C(C(N)=O)c2ccc(Br)cc2F)CCC1N. The van der Waals surface area contributed by atoms with Gasteiger partial charge in [0.2, 0.25) is 5.91 Å². The molecule has 0 aliphatic carbocycles. The van der Waals surface area contributed by atoms with E-state index in [1.54, 1.807) is 12.1 Å². The Hall–Kier alpha value is -0.980. The smallest absolute Gasteiger partial charge is 0.239 e. The molecule has 2 atom stereocenters. The van der Waals surface area contributed by atoms with Gasteiger partial charge < -0.3 is 11.5 Å². The highest BCUT2D eigenvalue weighted by Crippen LogP contribution is 2.34. The van der Waals surface area contributed by atoms with E-state index >= 15 is 0 Å². The van der Waals surface area contributed by atoms with Gasteiger partial charge in [-0.3, -0.25) is 9.69 Å². The summed E-state index contributed by atoms with van der Waals surface area (Å²) < 4.78 is 14.8. The lowest BCUT2D eigenvalue weighted by Crippen LogP contribution is -2.55. The second kappa shape index (κ2) is 6.02. The first kappa shape index (κ1) is 16.4. The maximum absolute atomic E-state index is 14.2. The molecule has 6 heteroatoms. The zero-order valence-corrected chi connectivity index (χ0v) is 13.9. The van der Waals surface area contributed by atoms with E-state index in [9.17, 15) is 9.18 Å². The van der Waals surface area contributed by atoms with Crippen molar-refractivity contribution in [1.29, 1.82) is 0 Å². The molecule has 1 amide bonds. The third-order valence-corrected chi connectivity index (χ3v) is 4.73. The van der Waals surface area contributed by atoms with Gasteiger partial charge in [-0.25, -0.2) is 4.39 Å². The quantitative estimate of drug-likeness (QED) is 0.870. The molecule has 0 saturated carbocycles. The number of rotatable bonds is 3. The Bertz CT molecular complexity index is 550. The van der Waals surface area contributed by atoms with Crippen molar-refractivity contribution in [2.45, 2.75) is 32.4 Å². The van der Waals surface area contributed by atoms with Gasteiger partial charge in [-0.2, -0.15) is 0 Å². The van der Waals surface area contributed by atoms with Gasteiger partial charge in [0.05, 0.1) is 0 Å². The lowest BCUT2D eigenvalue weighted by atomic mass is 9.79. The van der Waals surface area contributed by atoms with Gasteiger partial charge >= 0.3 is 0 Å². The fourth-order valence-electron chi connectivity index (χ4n) is 2.89. The number of primary amides is 1. The van der Waals surface area contributed by atoms with Gasteiger partial charge in [0.25, 0.3) is 0 Å². The number of nitrogens with zero attached hydrogens (tertiary/aromatic N) is 1. The van der Waals surface area contributed by atoms with Gasteiger partial charge in [-0.05, 0) is 24.0 Å². The predicted octanol–water partition coefficient (Wildman–Crippen LogP) is 2.17. The van der Waals surface area contributed by atoms with Crippen LogP contribution in [0.5, 0.6) is 0 Å². The van der Waals surface area contributed by atoms with Crippen LogP contribution in [0.25, 0.3) is 0 Å². The van der Waals surface area contributed by atoms with Crippen molar-refractivity contribution in [3.8, 4) is 0 Å². The number of carbonyl (C=O) groups excluding carboxylic acids is 1. The van der Waals surface area contributed by atoms with Crippen molar-refractivity contribution >= 4 is 21.8 Å². The lowest BCUT2D eigenvalue weighted by molar-refractivity contribution is -0.125. The van der Waals surface area contributed by atoms with Crippen LogP contribution < -0.4 is 11.5 Å². The molecule has 0 aromatic heterocycles. The van der Waals surface area contributed by atoms with E-state index in [0.29, 0.717) is 23.1 Å². The number of hydrogen-bond donors (Lipinski definition) is 2. The van der Waals surface area contributed by atoms with Gasteiger partial charge in [-0.15, -0.1) is 0 Å². The van der Waals surface area contributed by atoms with Crippen LogP contribution in [-0.2, 0) is 4.79 Å². The molecule has 2 unspecified atom stereocenters. The van der Waals surface area contributed by atoms with Crippen LogP contribution in [0.1, 0.15) is 31.9 Å². The highest BCUT2D eigenvalue weighted by atomic mass is 79.9. The summed E-state index contributed by atoms with van der Waals surface area (Å²) in [5.74, 6) is -0.969. The second-order valence-electron chi connectivity index (χ2n) is 6.32. The van der Waals surface area contributed by atoms with Gasteiger partial charge in [-0.1, -0.05) is 35.8 Å². The molecule has 0 spiro atoms. The Morgan fingerprint density at radius 1 is 1.52 bits per heavy atom. The Balaban J connectivity index is 2.34. The van der Waals surface area contributed by atoms with Crippen LogP contribution >= 0.6 is 15.9 Å². The normalized spacial score (nSPS) is 23.8. The number of carbonyl (C=O) groups is 1. The molecular weight excluding hydrogens is 337 g/mol. The topological polar surface area (TPSA) is 72.3 Å². The van der Waals surface area contributed by atoms with E-state index in [-0.39, 0.29) is 11.5 Å². The van der Waals surface area contributed by atoms with Gasteiger partial charge in [0.15, 0.2) is 0 Å². The number of likely N-dealkylation sites (tertiary alicyclic amines) is 1. The average Bonchev–Trinajstić information content (AvgIpc) is 2.36. The van der Waals surface area contributed by atoms with E-state index in [1.807, 2.05) is 4.90 Å². The summed E-state index contributed by atoms with van der Waals surface area (Å²) in [6, 6.07) is 3.99. The van der Waals surface area contributed by atoms with E-state index in [2.05, 4.69) is 29.8 Å². The molecule has 21 heavy (non-hydrogen) atoms. The van der Waals surface area contributed by atoms with Crippen molar-refractivity contribution in [3.63, 3.8) is 0 Å². The van der Waals surface area contributed by atoms with Crippen molar-refractivity contribution in [2.75, 3.05) is 13.1 Å². The maximum Gasteiger partial charge on any atom is 0.239 e. The molecule has 2 rings (SSSR count). The molecule has 1 fully saturated rings. The highest BCUT2D eigenvalue weighted by molar-refractivity contribution is 9.10. The minimum Gasteiger partial charge on any atom is -0.368 e. The van der Waals surface area contributed by atoms with Crippen LogP contribution in [0.4, 0.5) is 4.39 Å². The number of amides is 1. The molecule has 4 N–H and O–H groups in total. The fourth-order valence-corrected chi connectivity index (χ4v) is 3.22. The Kier molecular flexibility index (Phi) is 4.70. The molecule has 1 saturated heterocycles. The van der Waals surface area contributed by atoms with E-state index in [4.69, 9.17) is 11.5 Å². The summed E-state index contributed by atoms with van der Waals surface area (Å²) in [5.41, 5.74) is 11.8. The lowest BCUT2D eigenvalue weighted by Gasteiger charge is -2.45. The first-order chi connectivity index (χ1) is 9.72. The van der Waals surface area contributed by atoms with E-state index < -0.39 is 17.8 Å². The predicted molar refractivity (Wildman–Crippen MR) is 84.0 cm³/mol. The Morgan fingerprint density at radius 3 is 2.71 bits per heavy atom. The fraction of sp³-hybridized carbons (Fsp3) is 0.533. The van der Waals surface area contributed by atoms with Crippen LogP contribution in [0, 0.1) is 11.2 Å².